The van der Waals surface area contributed by atoms with Gasteiger partial charge in [-0.05, 0) is 31.0 Å². The highest BCUT2D eigenvalue weighted by Crippen LogP contribution is 2.16. The molecule has 1 aromatic heterocycles. The lowest BCUT2D eigenvalue weighted by Gasteiger charge is -2.02. The molecule has 0 aliphatic rings. The number of amides is 1. The van der Waals surface area contributed by atoms with E-state index in [9.17, 15) is 4.79 Å². The molecule has 17 heavy (non-hydrogen) atoms. The molecule has 1 N–H and O–H groups in total. The maximum Gasteiger partial charge on any atom is 0.287 e. The van der Waals surface area contributed by atoms with Gasteiger partial charge in [0.1, 0.15) is 5.82 Å². The zero-order valence-corrected chi connectivity index (χ0v) is 11.4. The fourth-order valence-corrected chi connectivity index (χ4v) is 2.02. The summed E-state index contributed by atoms with van der Waals surface area (Å²) in [4.78, 5) is 15.0. The Hall–Kier alpha value is -1.36. The predicted octanol–water partition coefficient (Wildman–Crippen LogP) is 2.53. The quantitative estimate of drug-likeness (QED) is 0.699. The molecule has 0 saturated heterocycles. The molecule has 0 saturated carbocycles. The Bertz CT molecular complexity index is 562. The molecular weight excluding hydrogens is 282 g/mol. The number of imidazole rings is 1. The summed E-state index contributed by atoms with van der Waals surface area (Å²) in [7, 11) is 2.01. The highest BCUT2D eigenvalue weighted by atomic mass is 79.9. The van der Waals surface area contributed by atoms with E-state index in [2.05, 4.69) is 49.0 Å². The van der Waals surface area contributed by atoms with Gasteiger partial charge in [0, 0.05) is 29.5 Å². The van der Waals surface area contributed by atoms with E-state index < -0.39 is 0 Å². The number of rotatable bonds is 3. The van der Waals surface area contributed by atoms with Gasteiger partial charge in [0.2, 0.25) is 0 Å². The van der Waals surface area contributed by atoms with Crippen LogP contribution >= 0.6 is 15.9 Å². The summed E-state index contributed by atoms with van der Waals surface area (Å²) in [6.07, 6.45) is 0.808. The smallest absolute Gasteiger partial charge is 0.287 e. The summed E-state index contributed by atoms with van der Waals surface area (Å²) >= 11 is 2.83. The Morgan fingerprint density at radius 2 is 2.29 bits per heavy atom. The molecule has 0 radical (unpaired) electrons. The van der Waals surface area contributed by atoms with Crippen LogP contribution in [0.15, 0.2) is 18.2 Å². The van der Waals surface area contributed by atoms with E-state index in [1.165, 1.54) is 5.56 Å². The van der Waals surface area contributed by atoms with Crippen LogP contribution in [-0.4, -0.2) is 20.9 Å². The summed E-state index contributed by atoms with van der Waals surface area (Å²) in [5, 5.41) is 2.71. The van der Waals surface area contributed by atoms with Crippen molar-refractivity contribution >= 4 is 31.8 Å². The number of benzene rings is 1. The molecule has 0 atom stereocenters. The molecule has 2 rings (SSSR count). The van der Waals surface area contributed by atoms with Crippen LogP contribution in [0.5, 0.6) is 0 Å². The monoisotopic (exact) mass is 295 g/mol. The Morgan fingerprint density at radius 3 is 3.00 bits per heavy atom. The van der Waals surface area contributed by atoms with Gasteiger partial charge in [-0.3, -0.25) is 4.79 Å². The zero-order chi connectivity index (χ0) is 12.4. The molecule has 1 amide bonds. The molecule has 2 aromatic rings. The first-order chi connectivity index (χ1) is 8.08. The van der Waals surface area contributed by atoms with Crippen molar-refractivity contribution in [1.82, 2.24) is 14.9 Å². The minimum absolute atomic E-state index is 0.174. The number of aryl methyl sites for hydroxylation is 2. The third-order valence-electron chi connectivity index (χ3n) is 2.85. The second kappa shape index (κ2) is 4.87. The second-order valence-corrected chi connectivity index (χ2v) is 4.71. The summed E-state index contributed by atoms with van der Waals surface area (Å²) < 4.78 is 2.07. The third kappa shape index (κ3) is 2.66. The number of aromatic nitrogens is 2. The first-order valence-corrected chi connectivity index (χ1v) is 6.22. The number of fused-ring (bicyclic) bond motifs is 1. The van der Waals surface area contributed by atoms with Crippen LogP contribution in [0.1, 0.15) is 11.4 Å². The molecule has 0 aliphatic heterocycles. The first kappa shape index (κ1) is 12.1. The van der Waals surface area contributed by atoms with Gasteiger partial charge in [0.15, 0.2) is 0 Å². The molecule has 1 heterocycles. The van der Waals surface area contributed by atoms with Gasteiger partial charge in [0.05, 0.1) is 11.0 Å². The highest BCUT2D eigenvalue weighted by molar-refractivity contribution is 9.18. The van der Waals surface area contributed by atoms with Crippen molar-refractivity contribution in [1.29, 1.82) is 0 Å². The minimum Gasteiger partial charge on any atom is -0.346 e. The number of carbonyl (C=O) groups is 1. The summed E-state index contributed by atoms with van der Waals surface area (Å²) in [5.41, 5.74) is 3.32. The van der Waals surface area contributed by atoms with Crippen molar-refractivity contribution in [2.45, 2.75) is 13.3 Å². The molecular formula is C12H14BrN3O. The van der Waals surface area contributed by atoms with Crippen molar-refractivity contribution in [3.8, 4) is 0 Å². The SMILES string of the molecule is Cc1nc2cc(CCNC(=O)Br)ccc2n1C. The van der Waals surface area contributed by atoms with E-state index in [-0.39, 0.29) is 4.82 Å². The van der Waals surface area contributed by atoms with Gasteiger partial charge in [-0.1, -0.05) is 6.07 Å². The van der Waals surface area contributed by atoms with E-state index in [1.54, 1.807) is 0 Å². The van der Waals surface area contributed by atoms with Gasteiger partial charge < -0.3 is 9.88 Å². The Balaban J connectivity index is 2.17. The second-order valence-electron chi connectivity index (χ2n) is 3.99. The lowest BCUT2D eigenvalue weighted by atomic mass is 10.1. The van der Waals surface area contributed by atoms with Gasteiger partial charge >= 0.3 is 0 Å². The Labute approximate surface area is 108 Å². The molecule has 0 bridgehead atoms. The lowest BCUT2D eigenvalue weighted by Crippen LogP contribution is -2.18. The average molecular weight is 296 g/mol. The number of hydrogen-bond acceptors (Lipinski definition) is 2. The van der Waals surface area contributed by atoms with E-state index in [0.717, 1.165) is 23.3 Å². The molecule has 5 heteroatoms. The number of carbonyl (C=O) groups excluding carboxylic acids is 1. The fraction of sp³-hybridized carbons (Fsp3) is 0.333. The number of nitrogens with one attached hydrogen (secondary N) is 1. The molecule has 0 unspecified atom stereocenters. The maximum atomic E-state index is 10.7. The lowest BCUT2D eigenvalue weighted by molar-refractivity contribution is 0.262. The van der Waals surface area contributed by atoms with Crippen LogP contribution in [0.4, 0.5) is 4.79 Å². The fourth-order valence-electron chi connectivity index (χ4n) is 1.83. The summed E-state index contributed by atoms with van der Waals surface area (Å²) in [5.74, 6) is 1.01. The van der Waals surface area contributed by atoms with E-state index in [4.69, 9.17) is 0 Å². The number of hydrogen-bond donors (Lipinski definition) is 1. The minimum atomic E-state index is -0.174. The van der Waals surface area contributed by atoms with Gasteiger partial charge in [-0.15, -0.1) is 0 Å². The van der Waals surface area contributed by atoms with Crippen LogP contribution in [0, 0.1) is 6.92 Å². The molecule has 0 aliphatic carbocycles. The number of halogens is 1. The van der Waals surface area contributed by atoms with Crippen LogP contribution < -0.4 is 5.32 Å². The standard InChI is InChI=1S/C12H14BrN3O/c1-8-15-10-7-9(5-6-14-12(13)17)3-4-11(10)16(8)2/h3-4,7H,5-6H2,1-2H3,(H,14,17). The van der Waals surface area contributed by atoms with Gasteiger partial charge in [-0.25, -0.2) is 4.98 Å². The van der Waals surface area contributed by atoms with Crippen molar-refractivity contribution in [3.63, 3.8) is 0 Å². The van der Waals surface area contributed by atoms with Gasteiger partial charge in [0.25, 0.3) is 4.82 Å². The van der Waals surface area contributed by atoms with Crippen molar-refractivity contribution < 1.29 is 4.79 Å². The van der Waals surface area contributed by atoms with Crippen LogP contribution in [0.25, 0.3) is 11.0 Å². The van der Waals surface area contributed by atoms with Gasteiger partial charge in [-0.2, -0.15) is 0 Å². The third-order valence-corrected chi connectivity index (χ3v) is 3.13. The van der Waals surface area contributed by atoms with E-state index >= 15 is 0 Å². The Morgan fingerprint density at radius 1 is 1.53 bits per heavy atom. The molecule has 0 fully saturated rings. The topological polar surface area (TPSA) is 46.9 Å². The van der Waals surface area contributed by atoms with Crippen LogP contribution in [-0.2, 0) is 13.5 Å². The maximum absolute atomic E-state index is 10.7. The Kier molecular flexibility index (Phi) is 3.47. The van der Waals surface area contributed by atoms with Crippen LogP contribution in [0.3, 0.4) is 0 Å². The predicted molar refractivity (Wildman–Crippen MR) is 71.5 cm³/mol. The molecule has 90 valence electrons. The van der Waals surface area contributed by atoms with E-state index in [1.807, 2.05) is 14.0 Å². The van der Waals surface area contributed by atoms with E-state index in [0.29, 0.717) is 6.54 Å². The molecule has 0 spiro atoms. The molecule has 4 nitrogen and oxygen atoms in total. The molecule has 1 aromatic carbocycles. The highest BCUT2D eigenvalue weighted by Gasteiger charge is 2.04. The first-order valence-electron chi connectivity index (χ1n) is 5.43. The summed E-state index contributed by atoms with van der Waals surface area (Å²) in [6, 6.07) is 6.22. The largest absolute Gasteiger partial charge is 0.346 e. The van der Waals surface area contributed by atoms with Crippen molar-refractivity contribution in [2.75, 3.05) is 6.54 Å². The number of nitrogens with zero attached hydrogens (tertiary/aromatic N) is 2. The zero-order valence-electron chi connectivity index (χ0n) is 9.83. The summed E-state index contributed by atoms with van der Waals surface area (Å²) in [6.45, 7) is 2.62. The average Bonchev–Trinajstić information content (AvgIpc) is 2.54. The van der Waals surface area contributed by atoms with Crippen molar-refractivity contribution in [2.24, 2.45) is 7.05 Å². The van der Waals surface area contributed by atoms with Crippen molar-refractivity contribution in [3.05, 3.63) is 29.6 Å². The normalized spacial score (nSPS) is 10.8. The van der Waals surface area contributed by atoms with Crippen LogP contribution in [0.2, 0.25) is 0 Å².